The van der Waals surface area contributed by atoms with Crippen molar-refractivity contribution >= 4 is 16.7 Å². The Morgan fingerprint density at radius 1 is 0.921 bits per heavy atom. The lowest BCUT2D eigenvalue weighted by Crippen LogP contribution is -3.00. The maximum absolute atomic E-state index is 14.0. The topological polar surface area (TPSA) is 29.5 Å². The standard InChI is InChI=1S/C33H41N2O2.BrH/c1-33(30-12-4-2-5-13-30,34-19-8-3-9-20-34)32(36)37-31-25-35(22-17-28(31)18-23-35)21-16-26-14-15-27-10-6-7-11-29(27)24-26;/h2,4-7,10-15,24,28,31H,3,8-9,16-23,25H2,1H3;1H/q+1;/p-1/t28?,31-,33-,35?;/m0./s1. The zero-order chi connectivity index (χ0) is 25.3. The number of carbonyl (C=O) groups excluding carboxylic acids is 1. The predicted octanol–water partition coefficient (Wildman–Crippen LogP) is 2.94. The molecule has 0 spiro atoms. The van der Waals surface area contributed by atoms with Crippen LogP contribution in [0.5, 0.6) is 0 Å². The Hall–Kier alpha value is -2.21. The summed E-state index contributed by atoms with van der Waals surface area (Å²) in [5.74, 6) is 0.457. The Kier molecular flexibility index (Phi) is 8.27. The van der Waals surface area contributed by atoms with Crippen molar-refractivity contribution in [3.05, 3.63) is 83.9 Å². The fourth-order valence-electron chi connectivity index (χ4n) is 7.22. The molecule has 4 saturated heterocycles. The van der Waals surface area contributed by atoms with E-state index in [-0.39, 0.29) is 29.1 Å². The highest BCUT2D eigenvalue weighted by molar-refractivity contribution is 5.83. The number of fused-ring (bicyclic) bond motifs is 4. The Morgan fingerprint density at radius 3 is 2.34 bits per heavy atom. The molecule has 4 aliphatic heterocycles. The van der Waals surface area contributed by atoms with Crippen LogP contribution < -0.4 is 17.0 Å². The molecule has 0 aliphatic carbocycles. The number of hydrogen-bond acceptors (Lipinski definition) is 3. The summed E-state index contributed by atoms with van der Waals surface area (Å²) in [6.45, 7) is 8.54. The molecule has 0 radical (unpaired) electrons. The molecule has 38 heavy (non-hydrogen) atoms. The third kappa shape index (κ3) is 5.30. The summed E-state index contributed by atoms with van der Waals surface area (Å²) in [6, 6.07) is 25.8. The number of nitrogens with zero attached hydrogens (tertiary/aromatic N) is 2. The van der Waals surface area contributed by atoms with Gasteiger partial charge in [0.2, 0.25) is 0 Å². The molecule has 202 valence electrons. The van der Waals surface area contributed by atoms with Gasteiger partial charge in [0.15, 0.2) is 6.10 Å². The van der Waals surface area contributed by atoms with E-state index < -0.39 is 5.54 Å². The van der Waals surface area contributed by atoms with E-state index in [2.05, 4.69) is 66.4 Å². The van der Waals surface area contributed by atoms with E-state index in [9.17, 15) is 4.79 Å². The number of ether oxygens (including phenoxy) is 1. The van der Waals surface area contributed by atoms with Gasteiger partial charge in [-0.25, -0.2) is 4.79 Å². The number of quaternary nitrogens is 1. The van der Waals surface area contributed by atoms with Gasteiger partial charge in [-0.2, -0.15) is 0 Å². The van der Waals surface area contributed by atoms with Crippen LogP contribution in [0.3, 0.4) is 0 Å². The van der Waals surface area contributed by atoms with E-state index in [1.165, 1.54) is 48.7 Å². The Morgan fingerprint density at radius 2 is 1.61 bits per heavy atom. The summed E-state index contributed by atoms with van der Waals surface area (Å²) in [7, 11) is 0. The predicted molar refractivity (Wildman–Crippen MR) is 149 cm³/mol. The molecule has 4 fully saturated rings. The molecular weight excluding hydrogens is 536 g/mol. The highest BCUT2D eigenvalue weighted by Gasteiger charge is 2.50. The number of carbonyl (C=O) groups is 1. The number of hydrogen-bond donors (Lipinski definition) is 0. The van der Waals surface area contributed by atoms with Crippen LogP contribution in [0.25, 0.3) is 10.8 Å². The van der Waals surface area contributed by atoms with E-state index in [0.29, 0.717) is 5.92 Å². The van der Waals surface area contributed by atoms with Gasteiger partial charge in [-0.3, -0.25) is 4.90 Å². The molecule has 2 bridgehead atoms. The molecule has 0 amide bonds. The van der Waals surface area contributed by atoms with Gasteiger partial charge in [0, 0.05) is 25.2 Å². The normalized spacial score (nSPS) is 26.9. The van der Waals surface area contributed by atoms with Crippen molar-refractivity contribution < 1.29 is 31.0 Å². The molecule has 4 heterocycles. The summed E-state index contributed by atoms with van der Waals surface area (Å²) in [4.78, 5) is 16.4. The minimum atomic E-state index is -0.719. The number of esters is 1. The van der Waals surface area contributed by atoms with Crippen molar-refractivity contribution in [1.82, 2.24) is 4.90 Å². The fourth-order valence-corrected chi connectivity index (χ4v) is 7.22. The first-order chi connectivity index (χ1) is 18.1. The van der Waals surface area contributed by atoms with Crippen molar-refractivity contribution in [2.75, 3.05) is 39.3 Å². The van der Waals surface area contributed by atoms with Crippen LogP contribution in [0.2, 0.25) is 0 Å². The van der Waals surface area contributed by atoms with Crippen LogP contribution in [0.15, 0.2) is 72.8 Å². The zero-order valence-electron chi connectivity index (χ0n) is 22.7. The number of likely N-dealkylation sites (tertiary alicyclic amines) is 1. The van der Waals surface area contributed by atoms with Gasteiger partial charge in [-0.05, 0) is 54.8 Å². The van der Waals surface area contributed by atoms with Gasteiger partial charge in [0.1, 0.15) is 12.1 Å². The van der Waals surface area contributed by atoms with E-state index in [1.807, 2.05) is 18.2 Å². The summed E-state index contributed by atoms with van der Waals surface area (Å²) in [6.07, 6.45) is 6.99. The summed E-state index contributed by atoms with van der Waals surface area (Å²) < 4.78 is 7.63. The van der Waals surface area contributed by atoms with Crippen LogP contribution in [-0.2, 0) is 21.5 Å². The molecule has 5 heteroatoms. The average molecular weight is 578 g/mol. The summed E-state index contributed by atoms with van der Waals surface area (Å²) in [5, 5.41) is 2.63. The summed E-state index contributed by atoms with van der Waals surface area (Å²) >= 11 is 0. The van der Waals surface area contributed by atoms with Gasteiger partial charge in [-0.1, -0.05) is 79.2 Å². The van der Waals surface area contributed by atoms with Gasteiger partial charge >= 0.3 is 5.97 Å². The highest BCUT2D eigenvalue weighted by atomic mass is 79.9. The lowest BCUT2D eigenvalue weighted by molar-refractivity contribution is -0.946. The van der Waals surface area contributed by atoms with E-state index in [1.54, 1.807) is 0 Å². The first kappa shape index (κ1) is 27.4. The van der Waals surface area contributed by atoms with Crippen molar-refractivity contribution in [3.63, 3.8) is 0 Å². The van der Waals surface area contributed by atoms with E-state index >= 15 is 0 Å². The SMILES string of the molecule is C[C@@](C(=O)O[C@H]1C[N+]2(CCc3ccc4ccccc4c3)CCC1CC2)(c1ccccc1)N1CCCCC1.[Br-]. The molecule has 0 N–H and O–H groups in total. The quantitative estimate of drug-likeness (QED) is 0.320. The largest absolute Gasteiger partial charge is 1.00 e. The molecule has 4 aliphatic rings. The highest BCUT2D eigenvalue weighted by Crippen LogP contribution is 2.39. The second kappa shape index (κ2) is 11.5. The smallest absolute Gasteiger partial charge is 0.331 e. The third-order valence-electron chi connectivity index (χ3n) is 9.71. The Balaban J connectivity index is 0.00000294. The van der Waals surface area contributed by atoms with Crippen molar-refractivity contribution in [2.24, 2.45) is 5.92 Å². The second-order valence-electron chi connectivity index (χ2n) is 11.9. The van der Waals surface area contributed by atoms with E-state index in [0.717, 1.165) is 55.5 Å². The van der Waals surface area contributed by atoms with E-state index in [4.69, 9.17) is 4.74 Å². The molecule has 2 atom stereocenters. The molecule has 4 nitrogen and oxygen atoms in total. The van der Waals surface area contributed by atoms with Gasteiger partial charge in [0.05, 0.1) is 19.6 Å². The van der Waals surface area contributed by atoms with Crippen molar-refractivity contribution in [1.29, 1.82) is 0 Å². The molecule has 0 unspecified atom stereocenters. The molecule has 7 rings (SSSR count). The molecule has 3 aromatic carbocycles. The number of halogens is 1. The van der Waals surface area contributed by atoms with Crippen LogP contribution >= 0.6 is 0 Å². The number of piperidine rings is 4. The van der Waals surface area contributed by atoms with Crippen LogP contribution in [-0.4, -0.2) is 60.7 Å². The van der Waals surface area contributed by atoms with Crippen LogP contribution in [0.1, 0.15) is 50.2 Å². The van der Waals surface area contributed by atoms with Crippen molar-refractivity contribution in [2.45, 2.75) is 57.1 Å². The lowest BCUT2D eigenvalue weighted by atomic mass is 9.82. The maximum Gasteiger partial charge on any atom is 0.331 e. The van der Waals surface area contributed by atoms with Gasteiger partial charge in [-0.15, -0.1) is 0 Å². The lowest BCUT2D eigenvalue weighted by Gasteiger charge is -2.53. The monoisotopic (exact) mass is 576 g/mol. The first-order valence-electron chi connectivity index (χ1n) is 14.4. The molecular formula is C33H41BrN2O2. The minimum Gasteiger partial charge on any atom is -1.00 e. The Bertz CT molecular complexity index is 1230. The third-order valence-corrected chi connectivity index (χ3v) is 9.71. The minimum absolute atomic E-state index is 0. The molecule has 0 aromatic heterocycles. The number of benzene rings is 3. The summed E-state index contributed by atoms with van der Waals surface area (Å²) in [5.41, 5.74) is 1.75. The van der Waals surface area contributed by atoms with Crippen molar-refractivity contribution in [3.8, 4) is 0 Å². The van der Waals surface area contributed by atoms with Crippen LogP contribution in [0.4, 0.5) is 0 Å². The molecule has 3 aromatic rings. The number of rotatable bonds is 7. The van der Waals surface area contributed by atoms with Crippen LogP contribution in [0, 0.1) is 5.92 Å². The maximum atomic E-state index is 14.0. The average Bonchev–Trinajstić information content (AvgIpc) is 2.97. The second-order valence-corrected chi connectivity index (χ2v) is 11.9. The zero-order valence-corrected chi connectivity index (χ0v) is 24.2. The first-order valence-corrected chi connectivity index (χ1v) is 14.4. The van der Waals surface area contributed by atoms with Gasteiger partial charge < -0.3 is 26.2 Å². The fraction of sp³-hybridized carbons (Fsp3) is 0.485. The molecule has 0 saturated carbocycles. The van der Waals surface area contributed by atoms with Gasteiger partial charge in [0.25, 0.3) is 0 Å². The Labute approximate surface area is 238 Å².